The maximum atomic E-state index is 10.2. The van der Waals surface area contributed by atoms with Crippen molar-refractivity contribution in [1.29, 1.82) is 0 Å². The van der Waals surface area contributed by atoms with E-state index < -0.39 is 5.60 Å². The van der Waals surface area contributed by atoms with Gasteiger partial charge in [0.1, 0.15) is 0 Å². The van der Waals surface area contributed by atoms with Crippen LogP contribution in [-0.4, -0.2) is 21.9 Å². The first-order chi connectivity index (χ1) is 7.67. The van der Waals surface area contributed by atoms with Crippen LogP contribution in [0.2, 0.25) is 0 Å². The lowest BCUT2D eigenvalue weighted by Gasteiger charge is -2.48. The van der Waals surface area contributed by atoms with E-state index in [-0.39, 0.29) is 16.9 Å². The largest absolute Gasteiger partial charge is 0.392 e. The van der Waals surface area contributed by atoms with Gasteiger partial charge in [-0.3, -0.25) is 0 Å². The maximum Gasteiger partial charge on any atom is 0.0654 e. The summed E-state index contributed by atoms with van der Waals surface area (Å²) in [5.41, 5.74) is 0.812. The van der Waals surface area contributed by atoms with Crippen LogP contribution in [0.1, 0.15) is 59.8 Å². The standard InChI is InChI=1S/C15H26O2/c1-13(2)11-5-8-15(4,17)10-9-14(11,3)7-6-12(13)16/h5,12,16-17H,6-10H2,1-4H3/t12-,14+,15-/m1/s1. The number of fused-ring (bicyclic) bond motifs is 1. The van der Waals surface area contributed by atoms with E-state index >= 15 is 0 Å². The zero-order valence-corrected chi connectivity index (χ0v) is 11.6. The summed E-state index contributed by atoms with van der Waals surface area (Å²) in [5, 5.41) is 20.5. The van der Waals surface area contributed by atoms with Crippen LogP contribution in [0.4, 0.5) is 0 Å². The first-order valence-corrected chi connectivity index (χ1v) is 6.79. The van der Waals surface area contributed by atoms with Gasteiger partial charge in [-0.25, -0.2) is 0 Å². The second kappa shape index (κ2) is 3.83. The van der Waals surface area contributed by atoms with Gasteiger partial charge < -0.3 is 10.2 Å². The van der Waals surface area contributed by atoms with Crippen LogP contribution in [0.3, 0.4) is 0 Å². The smallest absolute Gasteiger partial charge is 0.0654 e. The third kappa shape index (κ3) is 2.17. The Bertz CT molecular complexity index is 341. The molecule has 3 atom stereocenters. The Labute approximate surface area is 105 Å². The minimum Gasteiger partial charge on any atom is -0.392 e. The third-order valence-corrected chi connectivity index (χ3v) is 5.11. The summed E-state index contributed by atoms with van der Waals surface area (Å²) in [6.07, 6.45) is 6.48. The van der Waals surface area contributed by atoms with E-state index in [2.05, 4.69) is 26.8 Å². The van der Waals surface area contributed by atoms with Crippen LogP contribution in [0.15, 0.2) is 11.6 Å². The van der Waals surface area contributed by atoms with E-state index in [0.717, 1.165) is 25.7 Å². The average molecular weight is 238 g/mol. The van der Waals surface area contributed by atoms with Gasteiger partial charge in [-0.05, 0) is 44.4 Å². The fourth-order valence-electron chi connectivity index (χ4n) is 3.65. The van der Waals surface area contributed by atoms with Crippen molar-refractivity contribution in [3.63, 3.8) is 0 Å². The zero-order chi connectivity index (χ0) is 12.9. The molecule has 2 nitrogen and oxygen atoms in total. The monoisotopic (exact) mass is 238 g/mol. The molecule has 2 aliphatic carbocycles. The molecule has 1 fully saturated rings. The van der Waals surface area contributed by atoms with Crippen LogP contribution in [0.5, 0.6) is 0 Å². The van der Waals surface area contributed by atoms with Crippen LogP contribution < -0.4 is 0 Å². The molecule has 0 saturated heterocycles. The minimum absolute atomic E-state index is 0.145. The average Bonchev–Trinajstić information content (AvgIpc) is 2.33. The normalized spacial score (nSPS) is 45.8. The highest BCUT2D eigenvalue weighted by Crippen LogP contribution is 2.55. The van der Waals surface area contributed by atoms with Crippen molar-refractivity contribution in [2.45, 2.75) is 71.5 Å². The van der Waals surface area contributed by atoms with Crippen LogP contribution in [0, 0.1) is 10.8 Å². The molecule has 0 bridgehead atoms. The molecule has 98 valence electrons. The second-order valence-electron chi connectivity index (χ2n) is 7.16. The molecule has 0 aromatic rings. The van der Waals surface area contributed by atoms with Crippen molar-refractivity contribution in [3.05, 3.63) is 11.6 Å². The molecule has 0 amide bonds. The van der Waals surface area contributed by atoms with Gasteiger partial charge in [0.15, 0.2) is 0 Å². The molecule has 0 aliphatic heterocycles. The van der Waals surface area contributed by atoms with Crippen molar-refractivity contribution in [3.8, 4) is 0 Å². The van der Waals surface area contributed by atoms with Gasteiger partial charge in [-0.1, -0.05) is 32.4 Å². The highest BCUT2D eigenvalue weighted by Gasteiger charge is 2.47. The van der Waals surface area contributed by atoms with Crippen molar-refractivity contribution in [1.82, 2.24) is 0 Å². The fraction of sp³-hybridized carbons (Fsp3) is 0.867. The van der Waals surface area contributed by atoms with E-state index in [1.54, 1.807) is 0 Å². The number of hydrogen-bond donors (Lipinski definition) is 2. The topological polar surface area (TPSA) is 40.5 Å². The number of aliphatic hydroxyl groups is 2. The van der Waals surface area contributed by atoms with Gasteiger partial charge in [-0.2, -0.15) is 0 Å². The van der Waals surface area contributed by atoms with Crippen LogP contribution in [0.25, 0.3) is 0 Å². The van der Waals surface area contributed by atoms with Gasteiger partial charge in [0.05, 0.1) is 11.7 Å². The quantitative estimate of drug-likeness (QED) is 0.637. The SMILES string of the molecule is CC1(C)C2=CC[C@@](C)(O)CC[C@]2(C)CC[C@H]1O. The summed E-state index contributed by atoms with van der Waals surface area (Å²) in [4.78, 5) is 0. The lowest BCUT2D eigenvalue weighted by atomic mass is 9.58. The Morgan fingerprint density at radius 2 is 1.76 bits per heavy atom. The van der Waals surface area contributed by atoms with Crippen molar-refractivity contribution >= 4 is 0 Å². The van der Waals surface area contributed by atoms with E-state index in [1.807, 2.05) is 6.92 Å². The van der Waals surface area contributed by atoms with E-state index in [9.17, 15) is 10.2 Å². The van der Waals surface area contributed by atoms with E-state index in [4.69, 9.17) is 0 Å². The molecule has 0 aromatic carbocycles. The van der Waals surface area contributed by atoms with Crippen molar-refractivity contribution < 1.29 is 10.2 Å². The first-order valence-electron chi connectivity index (χ1n) is 6.79. The molecule has 0 aromatic heterocycles. The predicted molar refractivity (Wildman–Crippen MR) is 69.7 cm³/mol. The lowest BCUT2D eigenvalue weighted by Crippen LogP contribution is -2.43. The minimum atomic E-state index is -0.575. The molecule has 0 radical (unpaired) electrons. The van der Waals surface area contributed by atoms with E-state index in [1.165, 1.54) is 5.57 Å². The van der Waals surface area contributed by atoms with Gasteiger partial charge in [0.2, 0.25) is 0 Å². The number of hydrogen-bond acceptors (Lipinski definition) is 2. The molecular formula is C15H26O2. The molecule has 1 saturated carbocycles. The molecule has 2 N–H and O–H groups in total. The fourth-order valence-corrected chi connectivity index (χ4v) is 3.65. The highest BCUT2D eigenvalue weighted by molar-refractivity contribution is 5.27. The number of rotatable bonds is 0. The third-order valence-electron chi connectivity index (χ3n) is 5.11. The lowest BCUT2D eigenvalue weighted by molar-refractivity contribution is 0.00515. The summed E-state index contributed by atoms with van der Waals surface area (Å²) in [5.74, 6) is 0. The summed E-state index contributed by atoms with van der Waals surface area (Å²) in [6, 6.07) is 0. The zero-order valence-electron chi connectivity index (χ0n) is 11.6. The summed E-state index contributed by atoms with van der Waals surface area (Å²) >= 11 is 0. The van der Waals surface area contributed by atoms with Crippen LogP contribution >= 0.6 is 0 Å². The molecule has 2 aliphatic rings. The highest BCUT2D eigenvalue weighted by atomic mass is 16.3. The predicted octanol–water partition coefficient (Wildman–Crippen LogP) is 3.03. The Hall–Kier alpha value is -0.340. The molecule has 0 spiro atoms. The van der Waals surface area contributed by atoms with Crippen LogP contribution in [-0.2, 0) is 0 Å². The van der Waals surface area contributed by atoms with Crippen molar-refractivity contribution in [2.24, 2.45) is 10.8 Å². The molecule has 0 heterocycles. The molecule has 2 heteroatoms. The first kappa shape index (κ1) is 13.1. The van der Waals surface area contributed by atoms with Gasteiger partial charge in [-0.15, -0.1) is 0 Å². The Kier molecular flexibility index (Phi) is 2.95. The van der Waals surface area contributed by atoms with E-state index in [0.29, 0.717) is 6.42 Å². The second-order valence-corrected chi connectivity index (χ2v) is 7.16. The maximum absolute atomic E-state index is 10.2. The summed E-state index contributed by atoms with van der Waals surface area (Å²) in [7, 11) is 0. The van der Waals surface area contributed by atoms with Crippen molar-refractivity contribution in [2.75, 3.05) is 0 Å². The Morgan fingerprint density at radius 1 is 1.12 bits per heavy atom. The molecule has 2 rings (SSSR count). The van der Waals surface area contributed by atoms with Gasteiger partial charge in [0.25, 0.3) is 0 Å². The summed E-state index contributed by atoms with van der Waals surface area (Å²) in [6.45, 7) is 8.50. The van der Waals surface area contributed by atoms with Gasteiger partial charge >= 0.3 is 0 Å². The number of aliphatic hydroxyl groups excluding tert-OH is 1. The molecule has 17 heavy (non-hydrogen) atoms. The van der Waals surface area contributed by atoms with Gasteiger partial charge in [0, 0.05) is 5.41 Å². The Morgan fingerprint density at radius 3 is 2.41 bits per heavy atom. The molecule has 0 unspecified atom stereocenters. The molecular weight excluding hydrogens is 212 g/mol. The Balaban J connectivity index is 2.40. The summed E-state index contributed by atoms with van der Waals surface area (Å²) < 4.78 is 0.